The highest BCUT2D eigenvalue weighted by molar-refractivity contribution is 5.42. The van der Waals surface area contributed by atoms with Gasteiger partial charge in [-0.25, -0.2) is 0 Å². The summed E-state index contributed by atoms with van der Waals surface area (Å²) in [6.07, 6.45) is 7.70. The van der Waals surface area contributed by atoms with Crippen molar-refractivity contribution in [2.24, 2.45) is 22.2 Å². The molecule has 0 heteroatoms. The topological polar surface area (TPSA) is 0 Å². The van der Waals surface area contributed by atoms with Crippen LogP contribution in [0.5, 0.6) is 0 Å². The molecule has 0 N–H and O–H groups in total. The molecule has 0 aliphatic heterocycles. The average molecular weight is 274 g/mol. The van der Waals surface area contributed by atoms with E-state index in [4.69, 9.17) is 0 Å². The van der Waals surface area contributed by atoms with E-state index in [2.05, 4.69) is 61.5 Å². The van der Waals surface area contributed by atoms with E-state index in [-0.39, 0.29) is 0 Å². The third kappa shape index (κ3) is 2.11. The van der Waals surface area contributed by atoms with Crippen molar-refractivity contribution >= 4 is 0 Å². The molecule has 0 saturated heterocycles. The van der Waals surface area contributed by atoms with E-state index < -0.39 is 0 Å². The SMILES string of the molecule is CCC1=CC2=C(CC1)CC(C(C)(C)C)(C(C)(C)C)C2C. The summed E-state index contributed by atoms with van der Waals surface area (Å²) in [6, 6.07) is 0. The van der Waals surface area contributed by atoms with Crippen LogP contribution in [0.15, 0.2) is 22.8 Å². The van der Waals surface area contributed by atoms with Crippen molar-refractivity contribution in [3.63, 3.8) is 0 Å². The molecule has 0 saturated carbocycles. The van der Waals surface area contributed by atoms with Crippen molar-refractivity contribution in [3.05, 3.63) is 22.8 Å². The van der Waals surface area contributed by atoms with Crippen molar-refractivity contribution < 1.29 is 0 Å². The van der Waals surface area contributed by atoms with Crippen molar-refractivity contribution in [1.29, 1.82) is 0 Å². The molecule has 2 rings (SSSR count). The quantitative estimate of drug-likeness (QED) is 0.510. The summed E-state index contributed by atoms with van der Waals surface area (Å²) >= 11 is 0. The van der Waals surface area contributed by atoms with Crippen LogP contribution >= 0.6 is 0 Å². The smallest absolute Gasteiger partial charge is 0.00969 e. The lowest BCUT2D eigenvalue weighted by Gasteiger charge is -2.55. The lowest BCUT2D eigenvalue weighted by Crippen LogP contribution is -2.49. The Hall–Kier alpha value is -0.520. The largest absolute Gasteiger partial charge is 0.0699 e. The van der Waals surface area contributed by atoms with Crippen LogP contribution in [0.1, 0.15) is 81.1 Å². The maximum Gasteiger partial charge on any atom is -0.00969 e. The molecule has 2 aliphatic carbocycles. The normalized spacial score (nSPS) is 26.6. The van der Waals surface area contributed by atoms with Crippen LogP contribution in [-0.4, -0.2) is 0 Å². The predicted molar refractivity (Wildman–Crippen MR) is 89.8 cm³/mol. The second kappa shape index (κ2) is 4.75. The number of hydrogen-bond donors (Lipinski definition) is 0. The van der Waals surface area contributed by atoms with Gasteiger partial charge in [0.15, 0.2) is 0 Å². The first-order chi connectivity index (χ1) is 9.04. The molecule has 0 aromatic carbocycles. The molecule has 0 nitrogen and oxygen atoms in total. The van der Waals surface area contributed by atoms with E-state index in [0.717, 1.165) is 0 Å². The molecule has 0 heterocycles. The molecule has 0 aromatic heterocycles. The van der Waals surface area contributed by atoms with Crippen molar-refractivity contribution in [2.75, 3.05) is 0 Å². The Kier molecular flexibility index (Phi) is 3.77. The molecule has 1 unspecified atom stereocenters. The van der Waals surface area contributed by atoms with Crippen LogP contribution in [0.25, 0.3) is 0 Å². The fourth-order valence-electron chi connectivity index (χ4n) is 5.46. The van der Waals surface area contributed by atoms with Gasteiger partial charge in [-0.3, -0.25) is 0 Å². The maximum absolute atomic E-state index is 2.56. The van der Waals surface area contributed by atoms with Crippen LogP contribution in [0, 0.1) is 22.2 Å². The molecule has 0 spiro atoms. The first-order valence-electron chi connectivity index (χ1n) is 8.46. The van der Waals surface area contributed by atoms with E-state index in [0.29, 0.717) is 22.2 Å². The number of hydrogen-bond acceptors (Lipinski definition) is 0. The molecule has 2 aliphatic rings. The summed E-state index contributed by atoms with van der Waals surface area (Å²) in [5.41, 5.74) is 6.17. The Morgan fingerprint density at radius 2 is 1.60 bits per heavy atom. The number of rotatable bonds is 1. The van der Waals surface area contributed by atoms with Crippen molar-refractivity contribution in [3.8, 4) is 0 Å². The molecule has 0 amide bonds. The first kappa shape index (κ1) is 15.9. The zero-order valence-corrected chi connectivity index (χ0v) is 15.0. The zero-order valence-electron chi connectivity index (χ0n) is 15.0. The minimum atomic E-state index is 0.336. The standard InChI is InChI=1S/C20H34/c1-9-15-10-11-16-13-20(18(3,4)5,19(6,7)8)14(2)17(16)12-15/h12,14H,9-11,13H2,1-8H3. The molecule has 20 heavy (non-hydrogen) atoms. The lowest BCUT2D eigenvalue weighted by atomic mass is 9.49. The summed E-state index contributed by atoms with van der Waals surface area (Å²) in [5.74, 6) is 0.680. The molecule has 1 atom stereocenters. The monoisotopic (exact) mass is 274 g/mol. The fraction of sp³-hybridized carbons (Fsp3) is 0.800. The lowest BCUT2D eigenvalue weighted by molar-refractivity contribution is -0.0565. The molecule has 0 fully saturated rings. The first-order valence-corrected chi connectivity index (χ1v) is 8.46. The molecule has 114 valence electrons. The Morgan fingerprint density at radius 1 is 1.05 bits per heavy atom. The minimum Gasteiger partial charge on any atom is -0.0699 e. The summed E-state index contributed by atoms with van der Waals surface area (Å²) in [7, 11) is 0. The van der Waals surface area contributed by atoms with Gasteiger partial charge >= 0.3 is 0 Å². The van der Waals surface area contributed by atoms with E-state index in [9.17, 15) is 0 Å². The van der Waals surface area contributed by atoms with Gasteiger partial charge in [0.05, 0.1) is 0 Å². The highest BCUT2D eigenvalue weighted by atomic mass is 14.6. The second-order valence-electron chi connectivity index (χ2n) is 9.08. The van der Waals surface area contributed by atoms with Crippen LogP contribution in [-0.2, 0) is 0 Å². The van der Waals surface area contributed by atoms with Gasteiger partial charge in [-0.05, 0) is 53.4 Å². The van der Waals surface area contributed by atoms with E-state index in [1.54, 1.807) is 16.7 Å². The van der Waals surface area contributed by atoms with Gasteiger partial charge < -0.3 is 0 Å². The van der Waals surface area contributed by atoms with Gasteiger partial charge in [0, 0.05) is 0 Å². The van der Waals surface area contributed by atoms with Gasteiger partial charge in [-0.2, -0.15) is 0 Å². The van der Waals surface area contributed by atoms with Gasteiger partial charge in [-0.1, -0.05) is 72.6 Å². The van der Waals surface area contributed by atoms with Crippen LogP contribution in [0.2, 0.25) is 0 Å². The highest BCUT2D eigenvalue weighted by Crippen LogP contribution is 2.66. The summed E-state index contributed by atoms with van der Waals surface area (Å²) in [4.78, 5) is 0. The van der Waals surface area contributed by atoms with Gasteiger partial charge in [0.2, 0.25) is 0 Å². The van der Waals surface area contributed by atoms with Gasteiger partial charge in [-0.15, -0.1) is 0 Å². The summed E-state index contributed by atoms with van der Waals surface area (Å²) < 4.78 is 0. The third-order valence-corrected chi connectivity index (χ3v) is 6.34. The summed E-state index contributed by atoms with van der Waals surface area (Å²) in [6.45, 7) is 19.5. The average Bonchev–Trinajstić information content (AvgIpc) is 2.62. The van der Waals surface area contributed by atoms with E-state index in [1.165, 1.54) is 25.7 Å². The fourth-order valence-corrected chi connectivity index (χ4v) is 5.46. The van der Waals surface area contributed by atoms with Crippen molar-refractivity contribution in [2.45, 2.75) is 81.1 Å². The molecular weight excluding hydrogens is 240 g/mol. The Balaban J connectivity index is 2.50. The Bertz CT molecular complexity index is 431. The minimum absolute atomic E-state index is 0.336. The van der Waals surface area contributed by atoms with Gasteiger partial charge in [0.1, 0.15) is 0 Å². The van der Waals surface area contributed by atoms with Gasteiger partial charge in [0.25, 0.3) is 0 Å². The molecular formula is C20H34. The van der Waals surface area contributed by atoms with Crippen LogP contribution in [0.4, 0.5) is 0 Å². The molecule has 0 aromatic rings. The predicted octanol–water partition coefficient (Wildman–Crippen LogP) is 6.53. The summed E-state index contributed by atoms with van der Waals surface area (Å²) in [5, 5.41) is 0. The molecule has 0 radical (unpaired) electrons. The van der Waals surface area contributed by atoms with E-state index >= 15 is 0 Å². The Labute approximate surface area is 126 Å². The van der Waals surface area contributed by atoms with E-state index in [1.807, 2.05) is 0 Å². The maximum atomic E-state index is 2.56. The molecule has 0 bridgehead atoms. The third-order valence-electron chi connectivity index (χ3n) is 6.34. The number of allylic oxidation sites excluding steroid dienone is 4. The second-order valence-corrected chi connectivity index (χ2v) is 9.08. The van der Waals surface area contributed by atoms with Crippen LogP contribution in [0.3, 0.4) is 0 Å². The van der Waals surface area contributed by atoms with Crippen LogP contribution < -0.4 is 0 Å². The van der Waals surface area contributed by atoms with Crippen molar-refractivity contribution in [1.82, 2.24) is 0 Å². The Morgan fingerprint density at radius 3 is 2.05 bits per heavy atom. The highest BCUT2D eigenvalue weighted by Gasteiger charge is 2.57. The zero-order chi connectivity index (χ0) is 15.3.